The topological polar surface area (TPSA) is 21.3 Å². The molecule has 1 atom stereocenters. The van der Waals surface area contributed by atoms with Crippen molar-refractivity contribution in [2.45, 2.75) is 25.9 Å². The van der Waals surface area contributed by atoms with Gasteiger partial charge in [0.1, 0.15) is 6.61 Å². The zero-order valence-electron chi connectivity index (χ0n) is 12.2. The minimum absolute atomic E-state index is 0.0427. The molecule has 0 spiro atoms. The van der Waals surface area contributed by atoms with E-state index in [1.165, 1.54) is 0 Å². The van der Waals surface area contributed by atoms with Crippen LogP contribution >= 0.6 is 15.9 Å². The molecule has 1 N–H and O–H groups in total. The minimum Gasteiger partial charge on any atom is -0.371 e. The third-order valence-electron chi connectivity index (χ3n) is 2.85. The van der Waals surface area contributed by atoms with Gasteiger partial charge in [-0.15, -0.1) is 0 Å². The summed E-state index contributed by atoms with van der Waals surface area (Å²) in [5.74, 6) is 0.382. The normalized spacial score (nSPS) is 13.7. The Morgan fingerprint density at radius 1 is 1.24 bits per heavy atom. The Kier molecular flexibility index (Phi) is 7.70. The van der Waals surface area contributed by atoms with Crippen molar-refractivity contribution in [3.63, 3.8) is 0 Å². The molecular weight excluding hydrogens is 347 g/mol. The summed E-state index contributed by atoms with van der Waals surface area (Å²) in [7, 11) is 0. The molecular formula is C15H21BrF3NO. The van der Waals surface area contributed by atoms with Crippen molar-refractivity contribution in [2.75, 3.05) is 26.3 Å². The second-order valence-corrected chi connectivity index (χ2v) is 6.35. The molecule has 0 saturated carbocycles. The Morgan fingerprint density at radius 2 is 1.95 bits per heavy atom. The van der Waals surface area contributed by atoms with Gasteiger partial charge in [0.2, 0.25) is 0 Å². The van der Waals surface area contributed by atoms with E-state index in [1.807, 2.05) is 24.3 Å². The summed E-state index contributed by atoms with van der Waals surface area (Å²) in [5.41, 5.74) is 0.961. The van der Waals surface area contributed by atoms with Crippen LogP contribution in [-0.2, 0) is 4.74 Å². The maximum absolute atomic E-state index is 12.2. The number of hydrogen-bond acceptors (Lipinski definition) is 2. The van der Waals surface area contributed by atoms with Gasteiger partial charge in [-0.2, -0.15) is 13.2 Å². The van der Waals surface area contributed by atoms with Gasteiger partial charge in [0, 0.05) is 16.9 Å². The van der Waals surface area contributed by atoms with Gasteiger partial charge in [0.05, 0.1) is 6.61 Å². The second-order valence-electron chi connectivity index (χ2n) is 5.43. The fourth-order valence-electron chi connectivity index (χ4n) is 1.90. The van der Waals surface area contributed by atoms with Crippen LogP contribution in [0.25, 0.3) is 0 Å². The lowest BCUT2D eigenvalue weighted by atomic mass is 10.00. The number of rotatable bonds is 8. The number of halogens is 4. The number of hydrogen-bond donors (Lipinski definition) is 1. The Labute approximate surface area is 132 Å². The Hall–Kier alpha value is -0.590. The third-order valence-corrected chi connectivity index (χ3v) is 3.34. The Morgan fingerprint density at radius 3 is 2.52 bits per heavy atom. The summed E-state index contributed by atoms with van der Waals surface area (Å²) >= 11 is 3.38. The molecule has 0 fully saturated rings. The largest absolute Gasteiger partial charge is 0.411 e. The smallest absolute Gasteiger partial charge is 0.371 e. The van der Waals surface area contributed by atoms with Crippen molar-refractivity contribution in [2.24, 2.45) is 5.92 Å². The molecule has 120 valence electrons. The van der Waals surface area contributed by atoms with Crippen LogP contribution in [0.2, 0.25) is 0 Å². The highest BCUT2D eigenvalue weighted by Crippen LogP contribution is 2.22. The van der Waals surface area contributed by atoms with E-state index in [2.05, 4.69) is 35.1 Å². The fourth-order valence-corrected chi connectivity index (χ4v) is 2.31. The lowest BCUT2D eigenvalue weighted by molar-refractivity contribution is -0.174. The summed E-state index contributed by atoms with van der Waals surface area (Å²) in [5, 5.41) is 3.27. The first kappa shape index (κ1) is 18.5. The first-order valence-corrected chi connectivity index (χ1v) is 7.68. The van der Waals surface area contributed by atoms with Crippen molar-refractivity contribution in [3.8, 4) is 0 Å². The summed E-state index contributed by atoms with van der Waals surface area (Å²) in [4.78, 5) is 0. The van der Waals surface area contributed by atoms with Crippen LogP contribution in [0.1, 0.15) is 25.3 Å². The Bertz CT molecular complexity index is 424. The Balaban J connectivity index is 2.61. The SMILES string of the molecule is CC(C)CNCC(COCC(F)(F)F)c1cccc(Br)c1. The highest BCUT2D eigenvalue weighted by molar-refractivity contribution is 9.10. The second kappa shape index (κ2) is 8.76. The molecule has 0 amide bonds. The standard InChI is InChI=1S/C15H21BrF3NO/c1-11(2)7-20-8-13(9-21-10-15(17,18)19)12-4-3-5-14(16)6-12/h3-6,11,13,20H,7-10H2,1-2H3. The average molecular weight is 368 g/mol. The fraction of sp³-hybridized carbons (Fsp3) is 0.600. The van der Waals surface area contributed by atoms with E-state index < -0.39 is 12.8 Å². The highest BCUT2D eigenvalue weighted by atomic mass is 79.9. The van der Waals surface area contributed by atoms with Crippen molar-refractivity contribution >= 4 is 15.9 Å². The van der Waals surface area contributed by atoms with E-state index in [-0.39, 0.29) is 12.5 Å². The van der Waals surface area contributed by atoms with Crippen LogP contribution in [0.5, 0.6) is 0 Å². The first-order valence-electron chi connectivity index (χ1n) is 6.88. The molecule has 2 nitrogen and oxygen atoms in total. The molecule has 1 rings (SSSR count). The zero-order chi connectivity index (χ0) is 15.9. The number of benzene rings is 1. The van der Waals surface area contributed by atoms with Gasteiger partial charge in [0.15, 0.2) is 0 Å². The highest BCUT2D eigenvalue weighted by Gasteiger charge is 2.28. The number of ether oxygens (including phenoxy) is 1. The van der Waals surface area contributed by atoms with Crippen molar-refractivity contribution in [3.05, 3.63) is 34.3 Å². The number of alkyl halides is 3. The van der Waals surface area contributed by atoms with E-state index in [4.69, 9.17) is 4.74 Å². The molecule has 0 aliphatic carbocycles. The average Bonchev–Trinajstić information content (AvgIpc) is 2.35. The van der Waals surface area contributed by atoms with Gasteiger partial charge in [-0.05, 0) is 30.2 Å². The quantitative estimate of drug-likeness (QED) is 0.736. The monoisotopic (exact) mass is 367 g/mol. The van der Waals surface area contributed by atoms with E-state index in [0.29, 0.717) is 12.5 Å². The molecule has 1 unspecified atom stereocenters. The van der Waals surface area contributed by atoms with E-state index in [9.17, 15) is 13.2 Å². The van der Waals surface area contributed by atoms with Gasteiger partial charge in [-0.1, -0.05) is 41.9 Å². The minimum atomic E-state index is -4.28. The van der Waals surface area contributed by atoms with Gasteiger partial charge < -0.3 is 10.1 Å². The van der Waals surface area contributed by atoms with E-state index >= 15 is 0 Å². The molecule has 1 aromatic rings. The maximum Gasteiger partial charge on any atom is 0.411 e. The maximum atomic E-state index is 12.2. The van der Waals surface area contributed by atoms with Crippen LogP contribution in [0.3, 0.4) is 0 Å². The molecule has 0 saturated heterocycles. The summed E-state index contributed by atoms with van der Waals surface area (Å²) in [6.45, 7) is 4.42. The van der Waals surface area contributed by atoms with Crippen molar-refractivity contribution in [1.29, 1.82) is 0 Å². The van der Waals surface area contributed by atoms with Gasteiger partial charge in [-0.3, -0.25) is 0 Å². The molecule has 0 aromatic heterocycles. The van der Waals surface area contributed by atoms with E-state index in [1.54, 1.807) is 0 Å². The van der Waals surface area contributed by atoms with Crippen molar-refractivity contribution < 1.29 is 17.9 Å². The van der Waals surface area contributed by atoms with Crippen LogP contribution in [0.4, 0.5) is 13.2 Å². The van der Waals surface area contributed by atoms with Crippen LogP contribution in [-0.4, -0.2) is 32.5 Å². The predicted molar refractivity (Wildman–Crippen MR) is 81.5 cm³/mol. The summed E-state index contributed by atoms with van der Waals surface area (Å²) < 4.78 is 42.3. The molecule has 0 radical (unpaired) electrons. The first-order chi connectivity index (χ1) is 9.78. The number of nitrogens with one attached hydrogen (secondary N) is 1. The summed E-state index contributed by atoms with van der Waals surface area (Å²) in [6.07, 6.45) is -4.28. The van der Waals surface area contributed by atoms with Crippen molar-refractivity contribution in [1.82, 2.24) is 5.32 Å². The van der Waals surface area contributed by atoms with Crippen LogP contribution in [0, 0.1) is 5.92 Å². The molecule has 0 aliphatic heterocycles. The molecule has 0 bridgehead atoms. The molecule has 0 aliphatic rings. The van der Waals surface area contributed by atoms with Gasteiger partial charge >= 0.3 is 6.18 Å². The van der Waals surface area contributed by atoms with Crippen LogP contribution < -0.4 is 5.32 Å². The molecule has 1 aromatic carbocycles. The zero-order valence-corrected chi connectivity index (χ0v) is 13.8. The van der Waals surface area contributed by atoms with Gasteiger partial charge in [0.25, 0.3) is 0 Å². The molecule has 0 heterocycles. The van der Waals surface area contributed by atoms with Crippen LogP contribution in [0.15, 0.2) is 28.7 Å². The molecule has 21 heavy (non-hydrogen) atoms. The lowest BCUT2D eigenvalue weighted by Crippen LogP contribution is -2.29. The van der Waals surface area contributed by atoms with Gasteiger partial charge in [-0.25, -0.2) is 0 Å². The lowest BCUT2D eigenvalue weighted by Gasteiger charge is -2.20. The molecule has 6 heteroatoms. The summed E-state index contributed by atoms with van der Waals surface area (Å²) in [6, 6.07) is 7.58. The van der Waals surface area contributed by atoms with E-state index in [0.717, 1.165) is 16.6 Å². The predicted octanol–water partition coefficient (Wildman–Crippen LogP) is 4.36. The third kappa shape index (κ3) is 8.44.